The molecule has 0 spiro atoms. The molecule has 1 aliphatic rings. The highest BCUT2D eigenvalue weighted by Gasteiger charge is 2.19. The van der Waals surface area contributed by atoms with Crippen LogP contribution in [0, 0.1) is 0 Å². The summed E-state index contributed by atoms with van der Waals surface area (Å²) in [6.45, 7) is 8.21. The molecule has 1 heterocycles. The van der Waals surface area contributed by atoms with E-state index < -0.39 is 0 Å². The molecule has 118 valence electrons. The predicted molar refractivity (Wildman–Crippen MR) is 89.7 cm³/mol. The van der Waals surface area contributed by atoms with Crippen LogP contribution >= 0.6 is 23.2 Å². The molecule has 1 unspecified atom stereocenters. The molecule has 1 saturated heterocycles. The number of benzene rings is 1. The fourth-order valence-electron chi connectivity index (χ4n) is 2.62. The van der Waals surface area contributed by atoms with Crippen LogP contribution in [-0.2, 0) is 0 Å². The van der Waals surface area contributed by atoms with Crippen molar-refractivity contribution in [2.24, 2.45) is 0 Å². The standard InChI is InChI=1S/C16H24Cl2N2O/c1-12(2)20(11-14-4-3-7-19-14)8-9-21-16-6-5-13(17)10-15(16)18/h5-6,10,12,14,19H,3-4,7-9,11H2,1-2H3. The third-order valence-electron chi connectivity index (χ3n) is 3.88. The maximum absolute atomic E-state index is 6.11. The van der Waals surface area contributed by atoms with Crippen molar-refractivity contribution in [2.75, 3.05) is 26.2 Å². The molecule has 1 fully saturated rings. The van der Waals surface area contributed by atoms with Crippen LogP contribution in [-0.4, -0.2) is 43.2 Å². The van der Waals surface area contributed by atoms with Crippen molar-refractivity contribution in [1.29, 1.82) is 0 Å². The van der Waals surface area contributed by atoms with Crippen LogP contribution in [0.4, 0.5) is 0 Å². The fourth-order valence-corrected chi connectivity index (χ4v) is 3.08. The van der Waals surface area contributed by atoms with E-state index in [1.165, 1.54) is 12.8 Å². The lowest BCUT2D eigenvalue weighted by molar-refractivity contribution is 0.164. The average molecular weight is 331 g/mol. The molecule has 0 bridgehead atoms. The molecular formula is C16H24Cl2N2O. The van der Waals surface area contributed by atoms with Gasteiger partial charge < -0.3 is 10.1 Å². The summed E-state index contributed by atoms with van der Waals surface area (Å²) in [6, 6.07) is 6.46. The second kappa shape index (κ2) is 8.23. The van der Waals surface area contributed by atoms with Gasteiger partial charge in [-0.3, -0.25) is 4.90 Å². The summed E-state index contributed by atoms with van der Waals surface area (Å²) in [5.41, 5.74) is 0. The van der Waals surface area contributed by atoms with E-state index in [4.69, 9.17) is 27.9 Å². The molecule has 1 N–H and O–H groups in total. The molecule has 0 aromatic heterocycles. The van der Waals surface area contributed by atoms with Crippen molar-refractivity contribution in [3.63, 3.8) is 0 Å². The highest BCUT2D eigenvalue weighted by Crippen LogP contribution is 2.27. The number of nitrogens with one attached hydrogen (secondary N) is 1. The van der Waals surface area contributed by atoms with Gasteiger partial charge in [-0.25, -0.2) is 0 Å². The van der Waals surface area contributed by atoms with Crippen LogP contribution in [0.3, 0.4) is 0 Å². The molecule has 5 heteroatoms. The Hall–Kier alpha value is -0.480. The van der Waals surface area contributed by atoms with E-state index in [-0.39, 0.29) is 0 Å². The first-order chi connectivity index (χ1) is 10.1. The van der Waals surface area contributed by atoms with Gasteiger partial charge in [0.1, 0.15) is 12.4 Å². The first-order valence-electron chi connectivity index (χ1n) is 7.61. The Morgan fingerprint density at radius 2 is 2.19 bits per heavy atom. The minimum atomic E-state index is 0.511. The van der Waals surface area contributed by atoms with Crippen LogP contribution < -0.4 is 10.1 Å². The number of nitrogens with zero attached hydrogens (tertiary/aromatic N) is 1. The van der Waals surface area contributed by atoms with Gasteiger partial charge in [0.05, 0.1) is 5.02 Å². The van der Waals surface area contributed by atoms with Crippen LogP contribution in [0.1, 0.15) is 26.7 Å². The average Bonchev–Trinajstić information content (AvgIpc) is 2.92. The van der Waals surface area contributed by atoms with Crippen LogP contribution in [0.25, 0.3) is 0 Å². The number of ether oxygens (including phenoxy) is 1. The van der Waals surface area contributed by atoms with Gasteiger partial charge in [-0.2, -0.15) is 0 Å². The zero-order valence-corrected chi connectivity index (χ0v) is 14.3. The lowest BCUT2D eigenvalue weighted by atomic mass is 10.2. The Morgan fingerprint density at radius 1 is 1.38 bits per heavy atom. The van der Waals surface area contributed by atoms with Crippen molar-refractivity contribution >= 4 is 23.2 Å². The van der Waals surface area contributed by atoms with Gasteiger partial charge in [0.15, 0.2) is 0 Å². The molecule has 0 aliphatic carbocycles. The monoisotopic (exact) mass is 330 g/mol. The van der Waals surface area contributed by atoms with Gasteiger partial charge in [-0.05, 0) is 51.4 Å². The van der Waals surface area contributed by atoms with Crippen LogP contribution in [0.5, 0.6) is 5.75 Å². The molecule has 1 aromatic carbocycles. The topological polar surface area (TPSA) is 24.5 Å². The summed E-state index contributed by atoms with van der Waals surface area (Å²) in [5.74, 6) is 0.698. The lowest BCUT2D eigenvalue weighted by Gasteiger charge is -2.29. The molecule has 0 saturated carbocycles. The van der Waals surface area contributed by atoms with E-state index in [1.807, 2.05) is 6.07 Å². The summed E-state index contributed by atoms with van der Waals surface area (Å²) in [6.07, 6.45) is 2.56. The second-order valence-corrected chi connectivity index (χ2v) is 6.65. The Bertz CT molecular complexity index is 448. The minimum Gasteiger partial charge on any atom is -0.491 e. The summed E-state index contributed by atoms with van der Waals surface area (Å²) in [5, 5.41) is 4.74. The Balaban J connectivity index is 1.81. The molecule has 0 amide bonds. The van der Waals surface area contributed by atoms with Gasteiger partial charge in [0, 0.05) is 30.2 Å². The first kappa shape index (κ1) is 16.9. The zero-order chi connectivity index (χ0) is 15.2. The number of hydrogen-bond donors (Lipinski definition) is 1. The highest BCUT2D eigenvalue weighted by molar-refractivity contribution is 6.35. The number of rotatable bonds is 7. The van der Waals surface area contributed by atoms with Crippen molar-refractivity contribution in [3.8, 4) is 5.75 Å². The summed E-state index contributed by atoms with van der Waals surface area (Å²) >= 11 is 12.0. The molecular weight excluding hydrogens is 307 g/mol. The van der Waals surface area contributed by atoms with Crippen molar-refractivity contribution < 1.29 is 4.74 Å². The molecule has 0 radical (unpaired) electrons. The van der Waals surface area contributed by atoms with E-state index in [9.17, 15) is 0 Å². The highest BCUT2D eigenvalue weighted by atomic mass is 35.5. The van der Waals surface area contributed by atoms with Gasteiger partial charge >= 0.3 is 0 Å². The Morgan fingerprint density at radius 3 is 2.81 bits per heavy atom. The van der Waals surface area contributed by atoms with Gasteiger partial charge in [0.2, 0.25) is 0 Å². The Kier molecular flexibility index (Phi) is 6.62. The van der Waals surface area contributed by atoms with E-state index in [0.29, 0.717) is 34.5 Å². The van der Waals surface area contributed by atoms with Crippen molar-refractivity contribution in [2.45, 2.75) is 38.8 Å². The predicted octanol–water partition coefficient (Wildman–Crippen LogP) is 3.83. The minimum absolute atomic E-state index is 0.511. The summed E-state index contributed by atoms with van der Waals surface area (Å²) < 4.78 is 5.78. The summed E-state index contributed by atoms with van der Waals surface area (Å²) in [7, 11) is 0. The number of hydrogen-bond acceptors (Lipinski definition) is 3. The van der Waals surface area contributed by atoms with Gasteiger partial charge in [-0.1, -0.05) is 23.2 Å². The third kappa shape index (κ3) is 5.33. The van der Waals surface area contributed by atoms with E-state index in [2.05, 4.69) is 24.1 Å². The molecule has 1 aromatic rings. The third-order valence-corrected chi connectivity index (χ3v) is 4.41. The lowest BCUT2D eigenvalue weighted by Crippen LogP contribution is -2.43. The SMILES string of the molecule is CC(C)N(CCOc1ccc(Cl)cc1Cl)CC1CCCN1. The van der Waals surface area contributed by atoms with E-state index in [1.54, 1.807) is 12.1 Å². The summed E-state index contributed by atoms with van der Waals surface area (Å²) in [4.78, 5) is 2.45. The number of halogens is 2. The fraction of sp³-hybridized carbons (Fsp3) is 0.625. The van der Waals surface area contributed by atoms with Crippen LogP contribution in [0.15, 0.2) is 18.2 Å². The van der Waals surface area contributed by atoms with Gasteiger partial charge in [0.25, 0.3) is 0 Å². The largest absolute Gasteiger partial charge is 0.491 e. The maximum Gasteiger partial charge on any atom is 0.138 e. The Labute approximate surface area is 137 Å². The van der Waals surface area contributed by atoms with Crippen LogP contribution in [0.2, 0.25) is 10.0 Å². The second-order valence-electron chi connectivity index (χ2n) is 5.81. The maximum atomic E-state index is 6.11. The zero-order valence-electron chi connectivity index (χ0n) is 12.7. The smallest absolute Gasteiger partial charge is 0.138 e. The normalized spacial score (nSPS) is 18.7. The quantitative estimate of drug-likeness (QED) is 0.822. The van der Waals surface area contributed by atoms with E-state index >= 15 is 0 Å². The molecule has 2 rings (SSSR count). The molecule has 1 aliphatic heterocycles. The van der Waals surface area contributed by atoms with E-state index in [0.717, 1.165) is 19.6 Å². The first-order valence-corrected chi connectivity index (χ1v) is 8.37. The van der Waals surface area contributed by atoms with Gasteiger partial charge in [-0.15, -0.1) is 0 Å². The van der Waals surface area contributed by atoms with Crippen molar-refractivity contribution in [3.05, 3.63) is 28.2 Å². The molecule has 1 atom stereocenters. The van der Waals surface area contributed by atoms with Crippen molar-refractivity contribution in [1.82, 2.24) is 10.2 Å². The molecule has 21 heavy (non-hydrogen) atoms. The molecule has 3 nitrogen and oxygen atoms in total.